The number of aryl methyl sites for hydroxylation is 1. The molecule has 0 heterocycles. The molecule has 3 rings (SSSR count). The van der Waals surface area contributed by atoms with Crippen LogP contribution in [0.5, 0.6) is 5.75 Å². The Labute approximate surface area is 210 Å². The Morgan fingerprint density at radius 2 is 1.66 bits per heavy atom. The second kappa shape index (κ2) is 12.6. The number of amides is 1. The van der Waals surface area contributed by atoms with Gasteiger partial charge in [-0.3, -0.25) is 9.10 Å². The molecule has 0 aromatic heterocycles. The summed E-state index contributed by atoms with van der Waals surface area (Å²) in [4.78, 5) is 13.8. The van der Waals surface area contributed by atoms with Crippen LogP contribution in [-0.2, 0) is 21.2 Å². The molecule has 0 atom stereocenters. The van der Waals surface area contributed by atoms with E-state index in [9.17, 15) is 17.6 Å². The maximum absolute atomic E-state index is 13.5. The Morgan fingerprint density at radius 1 is 1.00 bits per heavy atom. The number of benzene rings is 3. The third-order valence-electron chi connectivity index (χ3n) is 5.25. The highest BCUT2D eigenvalue weighted by atomic mass is 32.2. The summed E-state index contributed by atoms with van der Waals surface area (Å²) in [5.41, 5.74) is 1.33. The van der Waals surface area contributed by atoms with Crippen LogP contribution in [0, 0.1) is 5.82 Å². The fourth-order valence-electron chi connectivity index (χ4n) is 3.42. The molecule has 0 radical (unpaired) electrons. The van der Waals surface area contributed by atoms with Crippen molar-refractivity contribution in [2.75, 3.05) is 30.3 Å². The molecule has 9 heteroatoms. The number of carbonyl (C=O) groups excluding carboxylic acids is 1. The molecule has 0 fully saturated rings. The zero-order chi connectivity index (χ0) is 25.3. The highest BCUT2D eigenvalue weighted by Gasteiger charge is 2.27. The standard InChI is InChI=1S/C26H29FN2O4S2/c1-3-33-23-12-10-22(11-13-23)29(35(31,32)25-16-14-24(34-2)15-17-25)19-26(30)28-18-4-5-20-6-8-21(27)9-7-20/h6-17H,3-5,18-19H2,1-2H3,(H,28,30). The molecular formula is C26H29FN2O4S2. The first kappa shape index (κ1) is 26.6. The van der Waals surface area contributed by atoms with Crippen LogP contribution in [0.1, 0.15) is 18.9 Å². The Bertz CT molecular complexity index is 1200. The Hall–Kier alpha value is -3.04. The largest absolute Gasteiger partial charge is 0.494 e. The highest BCUT2D eigenvalue weighted by molar-refractivity contribution is 7.98. The number of nitrogens with zero attached hydrogens (tertiary/aromatic N) is 1. The van der Waals surface area contributed by atoms with Gasteiger partial charge in [-0.05, 0) is 92.2 Å². The number of rotatable bonds is 12. The lowest BCUT2D eigenvalue weighted by Crippen LogP contribution is -2.41. The number of thioether (sulfide) groups is 1. The number of nitrogens with one attached hydrogen (secondary N) is 1. The molecule has 3 aromatic carbocycles. The van der Waals surface area contributed by atoms with Crippen molar-refractivity contribution in [3.05, 3.63) is 84.2 Å². The first-order chi connectivity index (χ1) is 16.8. The molecule has 0 saturated carbocycles. The van der Waals surface area contributed by atoms with Gasteiger partial charge in [-0.2, -0.15) is 0 Å². The van der Waals surface area contributed by atoms with Crippen LogP contribution in [0.25, 0.3) is 0 Å². The third-order valence-corrected chi connectivity index (χ3v) is 7.78. The van der Waals surface area contributed by atoms with Gasteiger partial charge in [0.2, 0.25) is 5.91 Å². The normalized spacial score (nSPS) is 11.2. The van der Waals surface area contributed by atoms with Crippen molar-refractivity contribution in [3.8, 4) is 5.75 Å². The maximum Gasteiger partial charge on any atom is 0.264 e. The van der Waals surface area contributed by atoms with E-state index in [4.69, 9.17) is 4.74 Å². The summed E-state index contributed by atoms with van der Waals surface area (Å²) in [6, 6.07) is 19.4. The highest BCUT2D eigenvalue weighted by Crippen LogP contribution is 2.27. The third kappa shape index (κ3) is 7.47. The molecular weight excluding hydrogens is 487 g/mol. The van der Waals surface area contributed by atoms with Crippen LogP contribution in [0.3, 0.4) is 0 Å². The lowest BCUT2D eigenvalue weighted by molar-refractivity contribution is -0.119. The van der Waals surface area contributed by atoms with Crippen molar-refractivity contribution in [1.82, 2.24) is 5.32 Å². The molecule has 0 spiro atoms. The van der Waals surface area contributed by atoms with Crippen molar-refractivity contribution in [2.24, 2.45) is 0 Å². The molecule has 6 nitrogen and oxygen atoms in total. The predicted octanol–water partition coefficient (Wildman–Crippen LogP) is 4.89. The quantitative estimate of drug-likeness (QED) is 0.274. The zero-order valence-electron chi connectivity index (χ0n) is 19.7. The van der Waals surface area contributed by atoms with Gasteiger partial charge in [0.25, 0.3) is 10.0 Å². The molecule has 0 unspecified atom stereocenters. The summed E-state index contributed by atoms with van der Waals surface area (Å²) in [6.45, 7) is 2.36. The van der Waals surface area contributed by atoms with Crippen LogP contribution < -0.4 is 14.4 Å². The van der Waals surface area contributed by atoms with Crippen LogP contribution in [-0.4, -0.2) is 40.3 Å². The molecule has 1 N–H and O–H groups in total. The van der Waals surface area contributed by atoms with Crippen molar-refractivity contribution >= 4 is 33.4 Å². The first-order valence-electron chi connectivity index (χ1n) is 11.2. The van der Waals surface area contributed by atoms with Crippen LogP contribution in [0.2, 0.25) is 0 Å². The van der Waals surface area contributed by atoms with Gasteiger partial charge in [-0.15, -0.1) is 11.8 Å². The van der Waals surface area contributed by atoms with E-state index in [1.165, 1.54) is 23.9 Å². The van der Waals surface area contributed by atoms with Crippen molar-refractivity contribution in [2.45, 2.75) is 29.6 Å². The van der Waals surface area contributed by atoms with Gasteiger partial charge in [-0.25, -0.2) is 12.8 Å². The number of anilines is 1. The van der Waals surface area contributed by atoms with Gasteiger partial charge in [0.15, 0.2) is 0 Å². The Balaban J connectivity index is 1.73. The average molecular weight is 517 g/mol. The van der Waals surface area contributed by atoms with Crippen LogP contribution in [0.15, 0.2) is 82.6 Å². The lowest BCUT2D eigenvalue weighted by atomic mass is 10.1. The van der Waals surface area contributed by atoms with E-state index in [1.54, 1.807) is 60.7 Å². The second-order valence-electron chi connectivity index (χ2n) is 7.69. The predicted molar refractivity (Wildman–Crippen MR) is 138 cm³/mol. The number of ether oxygens (including phenoxy) is 1. The van der Waals surface area contributed by atoms with Gasteiger partial charge in [0.05, 0.1) is 17.2 Å². The number of halogens is 1. The van der Waals surface area contributed by atoms with Gasteiger partial charge in [-0.1, -0.05) is 12.1 Å². The summed E-state index contributed by atoms with van der Waals surface area (Å²) in [7, 11) is -3.99. The molecule has 1 amide bonds. The number of hydrogen-bond acceptors (Lipinski definition) is 5. The minimum Gasteiger partial charge on any atom is -0.494 e. The van der Waals surface area contributed by atoms with E-state index in [-0.39, 0.29) is 17.3 Å². The van der Waals surface area contributed by atoms with Gasteiger partial charge >= 0.3 is 0 Å². The van der Waals surface area contributed by atoms with Gasteiger partial charge < -0.3 is 10.1 Å². The van der Waals surface area contributed by atoms with E-state index in [1.807, 2.05) is 13.2 Å². The van der Waals surface area contributed by atoms with Gasteiger partial charge in [0.1, 0.15) is 18.1 Å². The fourth-order valence-corrected chi connectivity index (χ4v) is 5.25. The fraction of sp³-hybridized carbons (Fsp3) is 0.269. The summed E-state index contributed by atoms with van der Waals surface area (Å²) in [5, 5.41) is 2.79. The van der Waals surface area contributed by atoms with E-state index in [2.05, 4.69) is 5.32 Å². The second-order valence-corrected chi connectivity index (χ2v) is 10.4. The minimum absolute atomic E-state index is 0.105. The molecule has 0 aliphatic heterocycles. The number of hydrogen-bond donors (Lipinski definition) is 1. The van der Waals surface area contributed by atoms with E-state index >= 15 is 0 Å². The van der Waals surface area contributed by atoms with Crippen molar-refractivity contribution in [1.29, 1.82) is 0 Å². The smallest absolute Gasteiger partial charge is 0.264 e. The van der Waals surface area contributed by atoms with Crippen LogP contribution in [0.4, 0.5) is 10.1 Å². The molecule has 3 aromatic rings. The van der Waals surface area contributed by atoms with Crippen LogP contribution >= 0.6 is 11.8 Å². The summed E-state index contributed by atoms with van der Waals surface area (Å²) in [6.07, 6.45) is 3.22. The Kier molecular flexibility index (Phi) is 9.56. The summed E-state index contributed by atoms with van der Waals surface area (Å²) >= 11 is 1.51. The summed E-state index contributed by atoms with van der Waals surface area (Å²) < 4.78 is 46.6. The maximum atomic E-state index is 13.5. The molecule has 0 saturated heterocycles. The van der Waals surface area contributed by atoms with Crippen molar-refractivity contribution < 1.29 is 22.3 Å². The SMILES string of the molecule is CCOc1ccc(N(CC(=O)NCCCc2ccc(F)cc2)S(=O)(=O)c2ccc(SC)cc2)cc1. The topological polar surface area (TPSA) is 75.7 Å². The number of sulfonamides is 1. The van der Waals surface area contributed by atoms with Gasteiger partial charge in [0, 0.05) is 11.4 Å². The van der Waals surface area contributed by atoms with E-state index < -0.39 is 15.9 Å². The zero-order valence-corrected chi connectivity index (χ0v) is 21.4. The minimum atomic E-state index is -3.99. The van der Waals surface area contributed by atoms with E-state index in [0.717, 1.165) is 14.8 Å². The number of carbonyl (C=O) groups is 1. The first-order valence-corrected chi connectivity index (χ1v) is 13.9. The molecule has 0 aliphatic carbocycles. The molecule has 186 valence electrons. The average Bonchev–Trinajstić information content (AvgIpc) is 2.87. The molecule has 0 aliphatic rings. The molecule has 35 heavy (non-hydrogen) atoms. The van der Waals surface area contributed by atoms with Crippen molar-refractivity contribution in [3.63, 3.8) is 0 Å². The Morgan fingerprint density at radius 3 is 2.26 bits per heavy atom. The lowest BCUT2D eigenvalue weighted by Gasteiger charge is -2.24. The monoisotopic (exact) mass is 516 g/mol. The summed E-state index contributed by atoms with van der Waals surface area (Å²) in [5.74, 6) is -0.0915. The molecule has 0 bridgehead atoms. The van der Waals surface area contributed by atoms with E-state index in [0.29, 0.717) is 37.4 Å².